The predicted molar refractivity (Wildman–Crippen MR) is 104 cm³/mol. The molecule has 0 radical (unpaired) electrons. The molecule has 1 aromatic carbocycles. The molecule has 0 unspecified atom stereocenters. The first-order valence-corrected chi connectivity index (χ1v) is 8.97. The molecule has 1 aromatic heterocycles. The average molecular weight is 449 g/mol. The third kappa shape index (κ3) is 4.64. The number of amides is 2. The monoisotopic (exact) mass is 448 g/mol. The van der Waals surface area contributed by atoms with Crippen LogP contribution in [0.25, 0.3) is 0 Å². The van der Waals surface area contributed by atoms with Gasteiger partial charge >= 0.3 is 0 Å². The van der Waals surface area contributed by atoms with E-state index in [1.54, 1.807) is 26.8 Å². The fourth-order valence-electron chi connectivity index (χ4n) is 2.36. The number of aromatic nitrogens is 1. The van der Waals surface area contributed by atoms with E-state index < -0.39 is 29.0 Å². The van der Waals surface area contributed by atoms with Gasteiger partial charge < -0.3 is 15.2 Å². The Labute approximate surface area is 169 Å². The third-order valence-corrected chi connectivity index (χ3v) is 4.63. The summed E-state index contributed by atoms with van der Waals surface area (Å²) >= 11 is 3.24. The van der Waals surface area contributed by atoms with Gasteiger partial charge in [0.15, 0.2) is 0 Å². The molecular weight excluding hydrogens is 431 g/mol. The van der Waals surface area contributed by atoms with Crippen molar-refractivity contribution in [1.29, 1.82) is 5.26 Å². The van der Waals surface area contributed by atoms with Crippen LogP contribution in [-0.4, -0.2) is 27.7 Å². The maximum Gasteiger partial charge on any atom is 0.294 e. The first-order chi connectivity index (χ1) is 12.9. The van der Waals surface area contributed by atoms with E-state index in [1.165, 1.54) is 29.8 Å². The molecule has 0 atom stereocenters. The highest BCUT2D eigenvalue weighted by Crippen LogP contribution is 2.23. The molecule has 1 heterocycles. The van der Waals surface area contributed by atoms with E-state index in [-0.39, 0.29) is 22.5 Å². The van der Waals surface area contributed by atoms with E-state index in [0.717, 1.165) is 6.07 Å². The number of benzene rings is 1. The van der Waals surface area contributed by atoms with Gasteiger partial charge in [-0.2, -0.15) is 5.26 Å². The van der Waals surface area contributed by atoms with Crippen molar-refractivity contribution < 1.29 is 18.8 Å². The Kier molecular flexibility index (Phi) is 6.04. The first kappa shape index (κ1) is 21.3. The van der Waals surface area contributed by atoms with Crippen molar-refractivity contribution in [2.24, 2.45) is 7.05 Å². The van der Waals surface area contributed by atoms with Gasteiger partial charge in [0.25, 0.3) is 17.6 Å². The summed E-state index contributed by atoms with van der Waals surface area (Å²) in [5, 5.41) is 14.0. The minimum absolute atomic E-state index is 0.0237. The van der Waals surface area contributed by atoms with Crippen LogP contribution in [0, 0.1) is 17.1 Å². The predicted octanol–water partition coefficient (Wildman–Crippen LogP) is 3.15. The molecule has 0 bridgehead atoms. The topological polar surface area (TPSA) is 104 Å². The van der Waals surface area contributed by atoms with Gasteiger partial charge in [0.1, 0.15) is 11.9 Å². The minimum Gasteiger partial charge on any atom is -0.345 e. The first-order valence-electron chi connectivity index (χ1n) is 8.17. The lowest BCUT2D eigenvalue weighted by atomic mass is 10.1. The molecule has 0 saturated carbocycles. The number of hydrogen-bond acceptors (Lipinski definition) is 4. The Morgan fingerprint density at radius 3 is 2.43 bits per heavy atom. The quantitative estimate of drug-likeness (QED) is 0.553. The molecule has 7 nitrogen and oxygen atoms in total. The highest BCUT2D eigenvalue weighted by atomic mass is 79.9. The van der Waals surface area contributed by atoms with E-state index in [2.05, 4.69) is 26.6 Å². The second-order valence-electron chi connectivity index (χ2n) is 7.09. The van der Waals surface area contributed by atoms with Crippen molar-refractivity contribution in [3.05, 3.63) is 51.5 Å². The number of anilines is 1. The molecule has 2 aromatic rings. The Morgan fingerprint density at radius 2 is 1.86 bits per heavy atom. The van der Waals surface area contributed by atoms with Crippen LogP contribution in [-0.2, 0) is 11.8 Å². The van der Waals surface area contributed by atoms with Gasteiger partial charge in [-0.1, -0.05) is 0 Å². The Balaban J connectivity index is 2.29. The molecule has 146 valence electrons. The average Bonchev–Trinajstić information content (AvgIpc) is 2.90. The molecule has 9 heteroatoms. The van der Waals surface area contributed by atoms with Crippen molar-refractivity contribution in [1.82, 2.24) is 9.88 Å². The normalized spacial score (nSPS) is 10.9. The standard InChI is InChI=1S/C19H18BrFN4O3/c1-19(2,3)24-18(28)15(26)14-8-12(16(20)25(14)4)17(27)23-11-5-6-13(21)10(7-11)9-22/h5-8H,1-4H3,(H,23,27)(H,24,28). The number of carbonyl (C=O) groups is 3. The third-order valence-electron chi connectivity index (χ3n) is 3.68. The lowest BCUT2D eigenvalue weighted by Gasteiger charge is -2.19. The number of Topliss-reactive ketones (excluding diaryl/α,β-unsaturated/α-hetero) is 1. The second kappa shape index (κ2) is 7.94. The van der Waals surface area contributed by atoms with Gasteiger partial charge in [-0.05, 0) is 61.0 Å². The van der Waals surface area contributed by atoms with Crippen molar-refractivity contribution in [2.45, 2.75) is 26.3 Å². The van der Waals surface area contributed by atoms with E-state index in [4.69, 9.17) is 5.26 Å². The van der Waals surface area contributed by atoms with Crippen LogP contribution in [0.5, 0.6) is 0 Å². The SMILES string of the molecule is Cn1c(C(=O)C(=O)NC(C)(C)C)cc(C(=O)Nc2ccc(F)c(C#N)c2)c1Br. The number of nitrogens with zero attached hydrogens (tertiary/aromatic N) is 2. The number of hydrogen-bond donors (Lipinski definition) is 2. The Bertz CT molecular complexity index is 1020. The number of carbonyl (C=O) groups excluding carboxylic acids is 3. The Morgan fingerprint density at radius 1 is 1.21 bits per heavy atom. The van der Waals surface area contributed by atoms with Crippen molar-refractivity contribution in [3.63, 3.8) is 0 Å². The highest BCUT2D eigenvalue weighted by molar-refractivity contribution is 9.10. The number of rotatable bonds is 4. The van der Waals surface area contributed by atoms with Gasteiger partial charge in [-0.25, -0.2) is 4.39 Å². The van der Waals surface area contributed by atoms with Crippen LogP contribution < -0.4 is 10.6 Å². The summed E-state index contributed by atoms with van der Waals surface area (Å²) in [4.78, 5) is 37.2. The van der Waals surface area contributed by atoms with Crippen LogP contribution in [0.2, 0.25) is 0 Å². The van der Waals surface area contributed by atoms with Crippen LogP contribution in [0.4, 0.5) is 10.1 Å². The molecular formula is C19H18BrFN4O3. The smallest absolute Gasteiger partial charge is 0.294 e. The number of nitrogens with one attached hydrogen (secondary N) is 2. The highest BCUT2D eigenvalue weighted by Gasteiger charge is 2.27. The Hall–Kier alpha value is -2.99. The van der Waals surface area contributed by atoms with E-state index in [9.17, 15) is 18.8 Å². The molecule has 0 saturated heterocycles. The van der Waals surface area contributed by atoms with Gasteiger partial charge in [-0.15, -0.1) is 0 Å². The lowest BCUT2D eigenvalue weighted by Crippen LogP contribution is -2.44. The summed E-state index contributed by atoms with van der Waals surface area (Å²) in [6.07, 6.45) is 0. The summed E-state index contributed by atoms with van der Waals surface area (Å²) < 4.78 is 15.1. The summed E-state index contributed by atoms with van der Waals surface area (Å²) in [5.74, 6) is -2.86. The van der Waals surface area contributed by atoms with Gasteiger partial charge in [0.05, 0.1) is 21.4 Å². The fourth-order valence-corrected chi connectivity index (χ4v) is 2.84. The fraction of sp³-hybridized carbons (Fsp3) is 0.263. The van der Waals surface area contributed by atoms with Crippen molar-refractivity contribution >= 4 is 39.2 Å². The zero-order valence-electron chi connectivity index (χ0n) is 15.7. The van der Waals surface area contributed by atoms with Crippen LogP contribution >= 0.6 is 15.9 Å². The van der Waals surface area contributed by atoms with Gasteiger partial charge in [-0.3, -0.25) is 14.4 Å². The minimum atomic E-state index is -0.787. The molecule has 0 spiro atoms. The van der Waals surface area contributed by atoms with E-state index in [0.29, 0.717) is 4.60 Å². The zero-order chi connectivity index (χ0) is 21.2. The molecule has 0 aliphatic carbocycles. The number of nitriles is 1. The number of halogens is 2. The summed E-state index contributed by atoms with van der Waals surface area (Å²) in [6, 6.07) is 6.56. The van der Waals surface area contributed by atoms with Crippen molar-refractivity contribution in [3.8, 4) is 6.07 Å². The molecule has 28 heavy (non-hydrogen) atoms. The molecule has 0 fully saturated rings. The van der Waals surface area contributed by atoms with Gasteiger partial charge in [0, 0.05) is 18.3 Å². The molecule has 2 rings (SSSR count). The van der Waals surface area contributed by atoms with Crippen LogP contribution in [0.3, 0.4) is 0 Å². The summed E-state index contributed by atoms with van der Waals surface area (Å²) in [6.45, 7) is 5.24. The second-order valence-corrected chi connectivity index (χ2v) is 7.84. The van der Waals surface area contributed by atoms with E-state index >= 15 is 0 Å². The van der Waals surface area contributed by atoms with Crippen LogP contribution in [0.15, 0.2) is 28.9 Å². The lowest BCUT2D eigenvalue weighted by molar-refractivity contribution is -0.118. The number of ketones is 1. The maximum absolute atomic E-state index is 13.4. The molecule has 2 N–H and O–H groups in total. The zero-order valence-corrected chi connectivity index (χ0v) is 17.3. The largest absolute Gasteiger partial charge is 0.345 e. The van der Waals surface area contributed by atoms with Crippen molar-refractivity contribution in [2.75, 3.05) is 5.32 Å². The molecule has 0 aliphatic heterocycles. The molecule has 2 amide bonds. The summed E-state index contributed by atoms with van der Waals surface area (Å²) in [7, 11) is 1.53. The van der Waals surface area contributed by atoms with E-state index in [1.807, 2.05) is 0 Å². The van der Waals surface area contributed by atoms with Gasteiger partial charge in [0.2, 0.25) is 0 Å². The molecule has 0 aliphatic rings. The summed E-state index contributed by atoms with van der Waals surface area (Å²) in [5.41, 5.74) is -0.444. The maximum atomic E-state index is 13.4. The van der Waals surface area contributed by atoms with Crippen LogP contribution in [0.1, 0.15) is 47.2 Å².